The van der Waals surface area contributed by atoms with Crippen molar-refractivity contribution in [2.75, 3.05) is 5.32 Å². The number of amides is 1. The van der Waals surface area contributed by atoms with Gasteiger partial charge in [0.25, 0.3) is 5.91 Å². The number of nitrogens with zero attached hydrogens (tertiary/aromatic N) is 5. The summed E-state index contributed by atoms with van der Waals surface area (Å²) < 4.78 is 1.86. The number of nitrogens with one attached hydrogen (secondary N) is 2. The summed E-state index contributed by atoms with van der Waals surface area (Å²) in [7, 11) is 1.89. The summed E-state index contributed by atoms with van der Waals surface area (Å²) in [5.41, 5.74) is 2.62. The molecule has 4 rings (SSSR count). The molecule has 1 amide bonds. The predicted octanol–water partition coefficient (Wildman–Crippen LogP) is 2.01. The molecular formula is C16H13N7O. The van der Waals surface area contributed by atoms with Gasteiger partial charge in [0.2, 0.25) is 0 Å². The zero-order chi connectivity index (χ0) is 16.5. The zero-order valence-electron chi connectivity index (χ0n) is 12.8. The number of benzene rings is 1. The van der Waals surface area contributed by atoms with Crippen molar-refractivity contribution in [3.8, 4) is 11.5 Å². The van der Waals surface area contributed by atoms with Crippen LogP contribution < -0.4 is 5.32 Å². The number of fused-ring (bicyclic) bond motifs is 1. The Bertz CT molecular complexity index is 1030. The zero-order valence-corrected chi connectivity index (χ0v) is 12.8. The normalized spacial score (nSPS) is 10.9. The Morgan fingerprint density at radius 3 is 2.71 bits per heavy atom. The summed E-state index contributed by atoms with van der Waals surface area (Å²) in [4.78, 5) is 25.0. The van der Waals surface area contributed by atoms with Crippen LogP contribution in [0.2, 0.25) is 0 Å². The summed E-state index contributed by atoms with van der Waals surface area (Å²) in [5, 5.41) is 9.73. The number of carbonyl (C=O) groups is 1. The second-order valence-electron chi connectivity index (χ2n) is 5.24. The maximum absolute atomic E-state index is 12.4. The van der Waals surface area contributed by atoms with E-state index >= 15 is 0 Å². The minimum atomic E-state index is -0.263. The number of H-pyrrole nitrogens is 1. The smallest absolute Gasteiger partial charge is 0.256 e. The van der Waals surface area contributed by atoms with Crippen LogP contribution in [-0.4, -0.2) is 35.6 Å². The number of aromatic amines is 1. The molecule has 0 saturated heterocycles. The number of carbonyl (C=O) groups excluding carboxylic acids is 1. The van der Waals surface area contributed by atoms with Crippen LogP contribution in [0.4, 0.5) is 5.82 Å². The summed E-state index contributed by atoms with van der Waals surface area (Å²) in [5.74, 6) is 0.904. The Morgan fingerprint density at radius 2 is 1.92 bits per heavy atom. The third-order valence-corrected chi connectivity index (χ3v) is 3.61. The summed E-state index contributed by atoms with van der Waals surface area (Å²) in [6.45, 7) is 0. The second kappa shape index (κ2) is 5.58. The molecule has 0 saturated carbocycles. The van der Waals surface area contributed by atoms with E-state index in [2.05, 4.69) is 30.5 Å². The number of aromatic nitrogens is 6. The van der Waals surface area contributed by atoms with Gasteiger partial charge in [-0.2, -0.15) is 5.10 Å². The molecule has 0 aliphatic heterocycles. The van der Waals surface area contributed by atoms with E-state index in [9.17, 15) is 4.79 Å². The van der Waals surface area contributed by atoms with Gasteiger partial charge < -0.3 is 9.88 Å². The van der Waals surface area contributed by atoms with E-state index in [0.29, 0.717) is 16.9 Å². The quantitative estimate of drug-likeness (QED) is 0.601. The maximum Gasteiger partial charge on any atom is 0.256 e. The number of anilines is 1. The van der Waals surface area contributed by atoms with Crippen molar-refractivity contribution in [2.45, 2.75) is 0 Å². The van der Waals surface area contributed by atoms with Gasteiger partial charge in [0.05, 0.1) is 11.0 Å². The summed E-state index contributed by atoms with van der Waals surface area (Å²) in [6.07, 6.45) is 6.75. The Morgan fingerprint density at radius 1 is 1.08 bits per heavy atom. The molecule has 118 valence electrons. The van der Waals surface area contributed by atoms with Gasteiger partial charge in [-0.15, -0.1) is 0 Å². The van der Waals surface area contributed by atoms with Crippen LogP contribution in [0, 0.1) is 0 Å². The van der Waals surface area contributed by atoms with Crippen LogP contribution in [0.25, 0.3) is 22.6 Å². The van der Waals surface area contributed by atoms with E-state index in [0.717, 1.165) is 17.0 Å². The van der Waals surface area contributed by atoms with Crippen LogP contribution in [-0.2, 0) is 7.05 Å². The first-order valence-corrected chi connectivity index (χ1v) is 7.26. The average molecular weight is 319 g/mol. The van der Waals surface area contributed by atoms with Gasteiger partial charge in [0.1, 0.15) is 5.69 Å². The van der Waals surface area contributed by atoms with E-state index in [1.54, 1.807) is 42.9 Å². The maximum atomic E-state index is 12.4. The SMILES string of the molecule is Cn1ccnc1-c1cc(NC(=O)c2ccc3nccnc3c2)n[nH]1. The predicted molar refractivity (Wildman–Crippen MR) is 88.3 cm³/mol. The third-order valence-electron chi connectivity index (χ3n) is 3.61. The molecule has 0 fully saturated rings. The lowest BCUT2D eigenvalue weighted by Crippen LogP contribution is -2.12. The molecule has 8 nitrogen and oxygen atoms in total. The molecule has 8 heteroatoms. The first-order chi connectivity index (χ1) is 11.7. The number of hydrogen-bond acceptors (Lipinski definition) is 5. The van der Waals surface area contributed by atoms with Crippen LogP contribution in [0.15, 0.2) is 49.1 Å². The van der Waals surface area contributed by atoms with E-state index in [4.69, 9.17) is 0 Å². The summed E-state index contributed by atoms with van der Waals surface area (Å²) in [6, 6.07) is 6.91. The fourth-order valence-electron chi connectivity index (χ4n) is 2.42. The van der Waals surface area contributed by atoms with Crippen LogP contribution in [0.1, 0.15) is 10.4 Å². The molecule has 3 aromatic heterocycles. The molecule has 4 aromatic rings. The largest absolute Gasteiger partial charge is 0.333 e. The minimum absolute atomic E-state index is 0.263. The molecular weight excluding hydrogens is 306 g/mol. The first kappa shape index (κ1) is 14.1. The highest BCUT2D eigenvalue weighted by molar-refractivity contribution is 6.05. The molecule has 1 aromatic carbocycles. The number of hydrogen-bond donors (Lipinski definition) is 2. The van der Waals surface area contributed by atoms with Crippen molar-refractivity contribution in [3.05, 3.63) is 54.6 Å². The topological polar surface area (TPSA) is 101 Å². The minimum Gasteiger partial charge on any atom is -0.333 e. The third kappa shape index (κ3) is 2.50. The van der Waals surface area contributed by atoms with E-state index < -0.39 is 0 Å². The van der Waals surface area contributed by atoms with E-state index in [1.165, 1.54) is 0 Å². The number of aryl methyl sites for hydroxylation is 1. The van der Waals surface area contributed by atoms with Crippen LogP contribution >= 0.6 is 0 Å². The highest BCUT2D eigenvalue weighted by atomic mass is 16.1. The van der Waals surface area contributed by atoms with Crippen molar-refractivity contribution in [3.63, 3.8) is 0 Å². The highest BCUT2D eigenvalue weighted by Crippen LogP contribution is 2.18. The lowest BCUT2D eigenvalue weighted by molar-refractivity contribution is 0.102. The molecule has 3 heterocycles. The van der Waals surface area contributed by atoms with Gasteiger partial charge in [0.15, 0.2) is 11.6 Å². The number of imidazole rings is 1. The van der Waals surface area contributed by atoms with E-state index in [-0.39, 0.29) is 5.91 Å². The standard InChI is InChI=1S/C16H13N7O/c1-23-7-6-19-15(23)13-9-14(22-21-13)20-16(24)10-2-3-11-12(8-10)18-5-4-17-11/h2-9H,1H3,(H2,20,21,22,24). The molecule has 0 aliphatic carbocycles. The number of rotatable bonds is 3. The van der Waals surface area contributed by atoms with Crippen LogP contribution in [0.3, 0.4) is 0 Å². The van der Waals surface area contributed by atoms with Gasteiger partial charge in [0, 0.05) is 43.5 Å². The van der Waals surface area contributed by atoms with Crippen molar-refractivity contribution in [2.24, 2.45) is 7.05 Å². The Labute approximate surface area is 136 Å². The van der Waals surface area contributed by atoms with Crippen molar-refractivity contribution in [1.29, 1.82) is 0 Å². The fourth-order valence-corrected chi connectivity index (χ4v) is 2.42. The van der Waals surface area contributed by atoms with Crippen LogP contribution in [0.5, 0.6) is 0 Å². The molecule has 0 spiro atoms. The second-order valence-corrected chi connectivity index (χ2v) is 5.24. The van der Waals surface area contributed by atoms with Gasteiger partial charge >= 0.3 is 0 Å². The van der Waals surface area contributed by atoms with Crippen molar-refractivity contribution in [1.82, 2.24) is 29.7 Å². The molecule has 0 radical (unpaired) electrons. The molecule has 24 heavy (non-hydrogen) atoms. The Kier molecular flexibility index (Phi) is 3.27. The molecule has 0 atom stereocenters. The summed E-state index contributed by atoms with van der Waals surface area (Å²) >= 11 is 0. The Balaban J connectivity index is 1.57. The van der Waals surface area contributed by atoms with Gasteiger partial charge in [-0.05, 0) is 18.2 Å². The first-order valence-electron chi connectivity index (χ1n) is 7.26. The average Bonchev–Trinajstić information content (AvgIpc) is 3.23. The molecule has 0 unspecified atom stereocenters. The fraction of sp³-hybridized carbons (Fsp3) is 0.0625. The van der Waals surface area contributed by atoms with Crippen molar-refractivity contribution < 1.29 is 4.79 Å². The lowest BCUT2D eigenvalue weighted by Gasteiger charge is -2.02. The molecule has 0 aliphatic rings. The van der Waals surface area contributed by atoms with E-state index in [1.807, 2.05) is 17.8 Å². The highest BCUT2D eigenvalue weighted by Gasteiger charge is 2.12. The molecule has 2 N–H and O–H groups in total. The lowest BCUT2D eigenvalue weighted by atomic mass is 10.2. The van der Waals surface area contributed by atoms with Gasteiger partial charge in [-0.25, -0.2) is 4.98 Å². The monoisotopic (exact) mass is 319 g/mol. The van der Waals surface area contributed by atoms with Gasteiger partial charge in [-0.3, -0.25) is 19.9 Å². The molecule has 0 bridgehead atoms. The Hall–Kier alpha value is -3.55. The van der Waals surface area contributed by atoms with Gasteiger partial charge in [-0.1, -0.05) is 0 Å². The van der Waals surface area contributed by atoms with Crippen molar-refractivity contribution >= 4 is 22.8 Å².